The van der Waals surface area contributed by atoms with E-state index in [1.807, 2.05) is 24.3 Å². The van der Waals surface area contributed by atoms with Gasteiger partial charge >= 0.3 is 0 Å². The molecule has 0 N–H and O–H groups in total. The molecule has 0 atom stereocenters. The first kappa shape index (κ1) is 35.2. The maximum Gasteiger partial charge on any atom is 0.238 e. The number of aromatic nitrogens is 5. The van der Waals surface area contributed by atoms with E-state index in [4.69, 9.17) is 19.4 Å². The molecule has 0 radical (unpaired) electrons. The van der Waals surface area contributed by atoms with Gasteiger partial charge < -0.3 is 8.98 Å². The minimum atomic E-state index is 0.530. The molecule has 0 saturated carbocycles. The van der Waals surface area contributed by atoms with Gasteiger partial charge in [-0.2, -0.15) is 9.97 Å². The van der Waals surface area contributed by atoms with E-state index in [0.717, 1.165) is 99.2 Å². The van der Waals surface area contributed by atoms with Crippen molar-refractivity contribution < 1.29 is 4.42 Å². The molecule has 9 aromatic carbocycles. The van der Waals surface area contributed by atoms with Crippen molar-refractivity contribution >= 4 is 65.6 Å². The highest BCUT2D eigenvalue weighted by molar-refractivity contribution is 6.23. The summed E-state index contributed by atoms with van der Waals surface area (Å²) in [5, 5.41) is 6.62. The third-order valence-corrected chi connectivity index (χ3v) is 12.3. The van der Waals surface area contributed by atoms with E-state index >= 15 is 0 Å². The number of nitrogens with zero attached hydrogens (tertiary/aromatic N) is 5. The van der Waals surface area contributed by atoms with Crippen LogP contribution in [0.5, 0.6) is 0 Å². The second kappa shape index (κ2) is 14.0. The van der Waals surface area contributed by atoms with Gasteiger partial charge in [0.05, 0.1) is 22.1 Å². The van der Waals surface area contributed by atoms with Crippen molar-refractivity contribution in [3.05, 3.63) is 212 Å². The first-order chi connectivity index (χ1) is 31.2. The second-order valence-electron chi connectivity index (χ2n) is 16.0. The topological polar surface area (TPSA) is 61.7 Å². The highest BCUT2D eigenvalue weighted by Crippen LogP contribution is 2.42. The normalized spacial score (nSPS) is 11.8. The average molecular weight is 806 g/mol. The summed E-state index contributed by atoms with van der Waals surface area (Å²) in [6.07, 6.45) is 0. The van der Waals surface area contributed by atoms with Crippen molar-refractivity contribution in [2.24, 2.45) is 0 Å². The Kier molecular flexibility index (Phi) is 7.80. The van der Waals surface area contributed by atoms with Crippen molar-refractivity contribution in [3.63, 3.8) is 0 Å². The lowest BCUT2D eigenvalue weighted by molar-refractivity contribution is 0.669. The fraction of sp³-hybridized carbons (Fsp3) is 0. The molecule has 6 heteroatoms. The van der Waals surface area contributed by atoms with Gasteiger partial charge in [0.1, 0.15) is 11.2 Å². The summed E-state index contributed by atoms with van der Waals surface area (Å²) in [5.74, 6) is 1.67. The summed E-state index contributed by atoms with van der Waals surface area (Å²) < 4.78 is 10.9. The number of fused-ring (bicyclic) bond motifs is 10. The Balaban J connectivity index is 1.15. The molecule has 4 aromatic heterocycles. The molecule has 0 saturated heterocycles. The Morgan fingerprint density at radius 1 is 0.302 bits per heavy atom. The van der Waals surface area contributed by atoms with Crippen LogP contribution in [0.2, 0.25) is 0 Å². The highest BCUT2D eigenvalue weighted by Gasteiger charge is 2.24. The molecule has 13 aromatic rings. The Morgan fingerprint density at radius 3 is 1.44 bits per heavy atom. The third-order valence-electron chi connectivity index (χ3n) is 12.3. The predicted octanol–water partition coefficient (Wildman–Crippen LogP) is 14.6. The Hall–Kier alpha value is -8.61. The Bertz CT molecular complexity index is 3850. The highest BCUT2D eigenvalue weighted by atomic mass is 16.3. The molecule has 4 heterocycles. The smallest absolute Gasteiger partial charge is 0.238 e. The van der Waals surface area contributed by atoms with E-state index in [1.165, 1.54) is 5.39 Å². The number of rotatable bonds is 6. The molecule has 6 nitrogen and oxygen atoms in total. The summed E-state index contributed by atoms with van der Waals surface area (Å²) in [6, 6.07) is 74.5. The van der Waals surface area contributed by atoms with Crippen LogP contribution < -0.4 is 0 Å². The van der Waals surface area contributed by atoms with Crippen molar-refractivity contribution in [2.45, 2.75) is 0 Å². The monoisotopic (exact) mass is 805 g/mol. The predicted molar refractivity (Wildman–Crippen MR) is 258 cm³/mol. The van der Waals surface area contributed by atoms with Crippen LogP contribution in [-0.2, 0) is 0 Å². The van der Waals surface area contributed by atoms with Gasteiger partial charge in [0.2, 0.25) is 5.95 Å². The van der Waals surface area contributed by atoms with Crippen molar-refractivity contribution in [2.75, 3.05) is 0 Å². The molecular formula is C57H35N5O. The lowest BCUT2D eigenvalue weighted by atomic mass is 9.96. The fourth-order valence-corrected chi connectivity index (χ4v) is 9.49. The van der Waals surface area contributed by atoms with E-state index in [-0.39, 0.29) is 0 Å². The standard InChI is InChI=1S/C57H35N5O/c1-4-16-36(17-5-1)39-32-40(37-18-6-2-7-19-37)34-41(33-39)56-58-55(38-28-31-52-48(35-38)45-24-12-15-27-51(45)63-52)59-57(60-56)62-50-26-14-11-23-44(50)47-30-29-46-43-22-10-13-25-49(43)61(53(46)54(47)62)42-20-8-3-9-21-42/h1-35H. The molecule has 0 unspecified atom stereocenters. The molecule has 0 aliphatic carbocycles. The Labute approximate surface area is 361 Å². The second-order valence-corrected chi connectivity index (χ2v) is 16.0. The van der Waals surface area contributed by atoms with Crippen molar-refractivity contribution in [1.82, 2.24) is 24.1 Å². The number of para-hydroxylation sites is 4. The van der Waals surface area contributed by atoms with E-state index in [2.05, 4.69) is 197 Å². The van der Waals surface area contributed by atoms with Crippen LogP contribution in [0.15, 0.2) is 217 Å². The molecular weight excluding hydrogens is 771 g/mol. The summed E-state index contributed by atoms with van der Waals surface area (Å²) >= 11 is 0. The first-order valence-corrected chi connectivity index (χ1v) is 21.2. The molecule has 0 spiro atoms. The first-order valence-electron chi connectivity index (χ1n) is 21.2. The summed E-state index contributed by atoms with van der Waals surface area (Å²) in [7, 11) is 0. The molecule has 294 valence electrons. The lowest BCUT2D eigenvalue weighted by Crippen LogP contribution is -2.07. The number of benzene rings is 9. The van der Waals surface area contributed by atoms with Gasteiger partial charge in [-0.25, -0.2) is 4.98 Å². The van der Waals surface area contributed by atoms with Crippen LogP contribution in [0.25, 0.3) is 122 Å². The molecule has 0 fully saturated rings. The minimum absolute atomic E-state index is 0.530. The maximum atomic E-state index is 6.28. The molecule has 0 aliphatic heterocycles. The average Bonchev–Trinajstić information content (AvgIpc) is 4.02. The summed E-state index contributed by atoms with van der Waals surface area (Å²) in [6.45, 7) is 0. The molecule has 0 amide bonds. The summed E-state index contributed by atoms with van der Waals surface area (Å²) in [4.78, 5) is 16.4. The SMILES string of the molecule is c1ccc(-c2cc(-c3ccccc3)cc(-c3nc(-c4ccc5oc6ccccc6c5c4)nc(-n4c5ccccc5c5ccc6c7ccccc7n(-c7ccccc7)c6c54)n3)c2)cc1. The largest absolute Gasteiger partial charge is 0.456 e. The number of hydrogen-bond acceptors (Lipinski definition) is 4. The van der Waals surface area contributed by atoms with Gasteiger partial charge in [-0.15, -0.1) is 0 Å². The van der Waals surface area contributed by atoms with Crippen LogP contribution in [0, 0.1) is 0 Å². The third kappa shape index (κ3) is 5.62. The van der Waals surface area contributed by atoms with Crippen LogP contribution in [0.4, 0.5) is 0 Å². The zero-order valence-corrected chi connectivity index (χ0v) is 33.9. The van der Waals surface area contributed by atoms with E-state index in [1.54, 1.807) is 0 Å². The maximum absolute atomic E-state index is 6.28. The molecule has 0 bridgehead atoms. The minimum Gasteiger partial charge on any atom is -0.456 e. The van der Waals surface area contributed by atoms with Crippen molar-refractivity contribution in [3.8, 4) is 56.7 Å². The fourth-order valence-electron chi connectivity index (χ4n) is 9.49. The molecule has 13 rings (SSSR count). The molecule has 0 aliphatic rings. The van der Waals surface area contributed by atoms with E-state index < -0.39 is 0 Å². The van der Waals surface area contributed by atoms with E-state index in [0.29, 0.717) is 17.6 Å². The van der Waals surface area contributed by atoms with Crippen molar-refractivity contribution in [1.29, 1.82) is 0 Å². The Morgan fingerprint density at radius 2 is 0.794 bits per heavy atom. The number of furan rings is 1. The lowest BCUT2D eigenvalue weighted by Gasteiger charge is -2.14. The van der Waals surface area contributed by atoms with E-state index in [9.17, 15) is 0 Å². The van der Waals surface area contributed by atoms with Crippen LogP contribution in [-0.4, -0.2) is 24.1 Å². The molecule has 63 heavy (non-hydrogen) atoms. The summed E-state index contributed by atoms with van der Waals surface area (Å²) in [5.41, 5.74) is 13.1. The van der Waals surface area contributed by atoms with Gasteiger partial charge in [-0.05, 0) is 89.0 Å². The van der Waals surface area contributed by atoms with Crippen LogP contribution in [0.3, 0.4) is 0 Å². The zero-order chi connectivity index (χ0) is 41.4. The van der Waals surface area contributed by atoms with Gasteiger partial charge in [-0.3, -0.25) is 4.57 Å². The zero-order valence-electron chi connectivity index (χ0n) is 33.9. The van der Waals surface area contributed by atoms with Crippen LogP contribution >= 0.6 is 0 Å². The number of hydrogen-bond donors (Lipinski definition) is 0. The van der Waals surface area contributed by atoms with Gasteiger partial charge in [0, 0.05) is 49.1 Å². The quantitative estimate of drug-likeness (QED) is 0.168. The van der Waals surface area contributed by atoms with Gasteiger partial charge in [0.25, 0.3) is 0 Å². The van der Waals surface area contributed by atoms with Crippen LogP contribution in [0.1, 0.15) is 0 Å². The van der Waals surface area contributed by atoms with Gasteiger partial charge in [-0.1, -0.05) is 146 Å². The van der Waals surface area contributed by atoms with Gasteiger partial charge in [0.15, 0.2) is 11.6 Å².